The Balaban J connectivity index is 1.93. The van der Waals surface area contributed by atoms with Gasteiger partial charge in [-0.05, 0) is 42.5 Å². The van der Waals surface area contributed by atoms with E-state index in [1.165, 1.54) is 0 Å². The number of hydrazone groups is 1. The van der Waals surface area contributed by atoms with Crippen LogP contribution in [0.3, 0.4) is 0 Å². The average Bonchev–Trinajstić information content (AvgIpc) is 2.49. The number of thiocarbonyl (C=S) groups is 1. The molecule has 0 fully saturated rings. The minimum Gasteiger partial charge on any atom is -0.378 e. The number of anilines is 2. The molecule has 0 saturated carbocycles. The molecule has 0 amide bonds. The van der Waals surface area contributed by atoms with Crippen LogP contribution in [0, 0.1) is 0 Å². The number of rotatable bonds is 4. The first-order valence-electron chi connectivity index (χ1n) is 6.68. The minimum absolute atomic E-state index is 0.420. The van der Waals surface area contributed by atoms with Gasteiger partial charge in [0.05, 0.1) is 11.2 Å². The van der Waals surface area contributed by atoms with Crippen molar-refractivity contribution in [1.29, 1.82) is 0 Å². The molecule has 2 N–H and O–H groups in total. The normalized spacial score (nSPS) is 10.5. The molecule has 0 spiro atoms. The Hall–Kier alpha value is -2.11. The molecule has 0 aliphatic rings. The summed E-state index contributed by atoms with van der Waals surface area (Å²) in [5.74, 6) is 0. The Bertz CT molecular complexity index is 671. The highest BCUT2D eigenvalue weighted by Gasteiger charge is 2.01. The van der Waals surface area contributed by atoms with Gasteiger partial charge in [-0.3, -0.25) is 5.43 Å². The highest BCUT2D eigenvalue weighted by atomic mass is 35.5. The number of hydrogen-bond acceptors (Lipinski definition) is 3. The summed E-state index contributed by atoms with van der Waals surface area (Å²) in [5, 5.41) is 8.19. The van der Waals surface area contributed by atoms with E-state index in [0.717, 1.165) is 16.9 Å². The van der Waals surface area contributed by atoms with Gasteiger partial charge in [0, 0.05) is 31.0 Å². The van der Waals surface area contributed by atoms with Gasteiger partial charge in [-0.2, -0.15) is 5.10 Å². The molecule has 0 aliphatic carbocycles. The molecule has 0 saturated heterocycles. The third-order valence-electron chi connectivity index (χ3n) is 2.90. The second-order valence-electron chi connectivity index (χ2n) is 4.79. The maximum absolute atomic E-state index is 6.22. The summed E-state index contributed by atoms with van der Waals surface area (Å²) in [6.45, 7) is 0. The van der Waals surface area contributed by atoms with E-state index >= 15 is 0 Å². The molecule has 0 unspecified atom stereocenters. The maximum Gasteiger partial charge on any atom is 0.191 e. The van der Waals surface area contributed by atoms with Gasteiger partial charge in [-0.15, -0.1) is 0 Å². The first-order chi connectivity index (χ1) is 10.6. The molecule has 2 aromatic carbocycles. The van der Waals surface area contributed by atoms with Gasteiger partial charge in [0.25, 0.3) is 0 Å². The van der Waals surface area contributed by atoms with Crippen molar-refractivity contribution in [3.63, 3.8) is 0 Å². The van der Waals surface area contributed by atoms with Gasteiger partial charge in [-0.1, -0.05) is 29.8 Å². The van der Waals surface area contributed by atoms with E-state index in [2.05, 4.69) is 15.8 Å². The zero-order chi connectivity index (χ0) is 15.9. The van der Waals surface area contributed by atoms with Crippen LogP contribution in [0.5, 0.6) is 0 Å². The third-order valence-corrected chi connectivity index (χ3v) is 3.42. The SMILES string of the molecule is CN(C)c1ccc(/C=N\NC(=S)Nc2ccccc2)c(Cl)c1. The predicted molar refractivity (Wildman–Crippen MR) is 99.2 cm³/mol. The fourth-order valence-electron chi connectivity index (χ4n) is 1.74. The van der Waals surface area contributed by atoms with Crippen LogP contribution in [0.1, 0.15) is 5.56 Å². The van der Waals surface area contributed by atoms with Crippen LogP contribution in [0.2, 0.25) is 5.02 Å². The van der Waals surface area contributed by atoms with Crippen LogP contribution in [0.15, 0.2) is 53.6 Å². The van der Waals surface area contributed by atoms with Gasteiger partial charge in [-0.25, -0.2) is 0 Å². The van der Waals surface area contributed by atoms with Crippen LogP contribution < -0.4 is 15.6 Å². The highest BCUT2D eigenvalue weighted by molar-refractivity contribution is 7.80. The molecule has 0 atom stereocenters. The van der Waals surface area contributed by atoms with Crippen molar-refractivity contribution in [3.05, 3.63) is 59.1 Å². The number of benzene rings is 2. The van der Waals surface area contributed by atoms with Crippen LogP contribution in [-0.2, 0) is 0 Å². The summed E-state index contributed by atoms with van der Waals surface area (Å²) in [6.07, 6.45) is 1.64. The van der Waals surface area contributed by atoms with Gasteiger partial charge in [0.15, 0.2) is 5.11 Å². The fraction of sp³-hybridized carbons (Fsp3) is 0.125. The number of halogens is 1. The minimum atomic E-state index is 0.420. The van der Waals surface area contributed by atoms with Crippen molar-refractivity contribution < 1.29 is 0 Å². The number of hydrogen-bond donors (Lipinski definition) is 2. The molecule has 0 bridgehead atoms. The third kappa shape index (κ3) is 4.72. The molecular formula is C16H17ClN4S. The lowest BCUT2D eigenvalue weighted by Gasteiger charge is -2.13. The van der Waals surface area contributed by atoms with Crippen LogP contribution in [0.25, 0.3) is 0 Å². The predicted octanol–water partition coefficient (Wildman–Crippen LogP) is 3.73. The number of nitrogens with one attached hydrogen (secondary N) is 2. The largest absolute Gasteiger partial charge is 0.378 e. The van der Waals surface area contributed by atoms with E-state index in [0.29, 0.717) is 10.1 Å². The lowest BCUT2D eigenvalue weighted by atomic mass is 10.2. The Morgan fingerprint density at radius 3 is 2.55 bits per heavy atom. The summed E-state index contributed by atoms with van der Waals surface area (Å²) in [6, 6.07) is 15.4. The van der Waals surface area contributed by atoms with Crippen LogP contribution >= 0.6 is 23.8 Å². The molecule has 0 aliphatic heterocycles. The van der Waals surface area contributed by atoms with Crippen molar-refractivity contribution in [3.8, 4) is 0 Å². The van der Waals surface area contributed by atoms with Crippen molar-refractivity contribution in [2.45, 2.75) is 0 Å². The zero-order valence-corrected chi connectivity index (χ0v) is 13.9. The van der Waals surface area contributed by atoms with E-state index in [1.54, 1.807) is 6.21 Å². The lowest BCUT2D eigenvalue weighted by Crippen LogP contribution is -2.23. The van der Waals surface area contributed by atoms with Crippen molar-refractivity contribution in [2.75, 3.05) is 24.3 Å². The summed E-state index contributed by atoms with van der Waals surface area (Å²) >= 11 is 11.4. The lowest BCUT2D eigenvalue weighted by molar-refractivity contribution is 1.05. The molecule has 22 heavy (non-hydrogen) atoms. The topological polar surface area (TPSA) is 39.7 Å². The van der Waals surface area contributed by atoms with E-state index in [4.69, 9.17) is 23.8 Å². The van der Waals surface area contributed by atoms with Gasteiger partial charge in [0.2, 0.25) is 0 Å². The summed E-state index contributed by atoms with van der Waals surface area (Å²) in [4.78, 5) is 1.99. The smallest absolute Gasteiger partial charge is 0.191 e. The first-order valence-corrected chi connectivity index (χ1v) is 7.47. The number of para-hydroxylation sites is 1. The fourth-order valence-corrected chi connectivity index (χ4v) is 2.13. The summed E-state index contributed by atoms with van der Waals surface area (Å²) < 4.78 is 0. The molecule has 2 rings (SSSR count). The van der Waals surface area contributed by atoms with E-state index in [1.807, 2.05) is 67.5 Å². The Morgan fingerprint density at radius 1 is 1.18 bits per heavy atom. The summed E-state index contributed by atoms with van der Waals surface area (Å²) in [7, 11) is 3.93. The highest BCUT2D eigenvalue weighted by Crippen LogP contribution is 2.21. The first kappa shape index (κ1) is 16.3. The Labute approximate surface area is 140 Å². The summed E-state index contributed by atoms with van der Waals surface area (Å²) in [5.41, 5.74) is 5.53. The Kier molecular flexibility index (Phi) is 5.75. The van der Waals surface area contributed by atoms with Gasteiger partial charge >= 0.3 is 0 Å². The van der Waals surface area contributed by atoms with E-state index in [-0.39, 0.29) is 0 Å². The van der Waals surface area contributed by atoms with Crippen molar-refractivity contribution in [2.24, 2.45) is 5.10 Å². The van der Waals surface area contributed by atoms with Crippen molar-refractivity contribution >= 4 is 46.5 Å². The van der Waals surface area contributed by atoms with E-state index in [9.17, 15) is 0 Å². The molecule has 6 heteroatoms. The molecule has 0 radical (unpaired) electrons. The molecule has 4 nitrogen and oxygen atoms in total. The number of nitrogens with zero attached hydrogens (tertiary/aromatic N) is 2. The van der Waals surface area contributed by atoms with Gasteiger partial charge in [0.1, 0.15) is 0 Å². The van der Waals surface area contributed by atoms with Crippen LogP contribution in [-0.4, -0.2) is 25.4 Å². The standard InChI is InChI=1S/C16H17ClN4S/c1-21(2)14-9-8-12(15(17)10-14)11-18-20-16(22)19-13-6-4-3-5-7-13/h3-11H,1-2H3,(H2,19,20,22)/b18-11-. The quantitative estimate of drug-likeness (QED) is 0.508. The second kappa shape index (κ2) is 7.77. The van der Waals surface area contributed by atoms with Crippen molar-refractivity contribution in [1.82, 2.24) is 5.43 Å². The molecule has 114 valence electrons. The second-order valence-corrected chi connectivity index (χ2v) is 5.61. The molecular weight excluding hydrogens is 316 g/mol. The zero-order valence-electron chi connectivity index (χ0n) is 12.4. The average molecular weight is 333 g/mol. The maximum atomic E-state index is 6.22. The van der Waals surface area contributed by atoms with Crippen LogP contribution in [0.4, 0.5) is 11.4 Å². The van der Waals surface area contributed by atoms with Gasteiger partial charge < -0.3 is 10.2 Å². The molecule has 2 aromatic rings. The Morgan fingerprint density at radius 2 is 1.91 bits per heavy atom. The molecule has 0 aromatic heterocycles. The monoisotopic (exact) mass is 332 g/mol. The van der Waals surface area contributed by atoms with E-state index < -0.39 is 0 Å². The molecule has 0 heterocycles.